The maximum atomic E-state index is 12.3. The highest BCUT2D eigenvalue weighted by molar-refractivity contribution is 14.1. The Morgan fingerprint density at radius 1 is 1.54 bits per heavy atom. The molecular weight excluding hydrogens is 334 g/mol. The molecule has 0 unspecified atom stereocenters. The Hall–Kier alpha value is 0.320. The van der Waals surface area contributed by atoms with Crippen molar-refractivity contribution in [3.63, 3.8) is 0 Å². The van der Waals surface area contributed by atoms with Crippen LogP contribution in [0.2, 0.25) is 5.02 Å². The predicted octanol–water partition coefficient (Wildman–Crippen LogP) is 4.02. The number of alkyl halides is 3. The maximum absolute atomic E-state index is 12.3. The molecule has 0 aliphatic heterocycles. The van der Waals surface area contributed by atoms with E-state index in [1.54, 1.807) is 22.6 Å². The van der Waals surface area contributed by atoms with Crippen LogP contribution in [0.15, 0.2) is 6.07 Å². The van der Waals surface area contributed by atoms with Gasteiger partial charge in [-0.25, -0.2) is 13.8 Å². The van der Waals surface area contributed by atoms with Gasteiger partial charge in [-0.15, -0.1) is 11.6 Å². The van der Waals surface area contributed by atoms with Gasteiger partial charge in [0, 0.05) is 0 Å². The molecular formula is C7H4Cl2F2IN. The van der Waals surface area contributed by atoms with E-state index in [0.29, 0.717) is 5.69 Å². The summed E-state index contributed by atoms with van der Waals surface area (Å²) in [6.07, 6.45) is -2.55. The van der Waals surface area contributed by atoms with Crippen molar-refractivity contribution in [2.45, 2.75) is 12.3 Å². The average molecular weight is 338 g/mol. The summed E-state index contributed by atoms with van der Waals surface area (Å²) in [6.45, 7) is 0. The van der Waals surface area contributed by atoms with Crippen LogP contribution >= 0.6 is 45.8 Å². The fraction of sp³-hybridized carbons (Fsp3) is 0.286. The molecule has 6 heteroatoms. The van der Waals surface area contributed by atoms with E-state index in [2.05, 4.69) is 4.98 Å². The first-order valence-corrected chi connectivity index (χ1v) is 5.24. The second-order valence-corrected chi connectivity index (χ2v) is 3.93. The SMILES string of the molecule is FC(F)c1cc(Cl)c(CCl)nc1I. The summed E-state index contributed by atoms with van der Waals surface area (Å²) in [7, 11) is 0. The largest absolute Gasteiger partial charge is 0.266 e. The van der Waals surface area contributed by atoms with E-state index < -0.39 is 6.43 Å². The zero-order valence-electron chi connectivity index (χ0n) is 6.20. The highest BCUT2D eigenvalue weighted by Crippen LogP contribution is 2.28. The van der Waals surface area contributed by atoms with Gasteiger partial charge in [-0.2, -0.15) is 0 Å². The summed E-state index contributed by atoms with van der Waals surface area (Å²) < 4.78 is 24.9. The van der Waals surface area contributed by atoms with E-state index >= 15 is 0 Å². The molecule has 0 amide bonds. The van der Waals surface area contributed by atoms with Gasteiger partial charge in [0.1, 0.15) is 3.70 Å². The fourth-order valence-corrected chi connectivity index (χ4v) is 1.94. The third-order valence-corrected chi connectivity index (χ3v) is 2.84. The molecule has 0 bridgehead atoms. The van der Waals surface area contributed by atoms with E-state index in [1.165, 1.54) is 6.07 Å². The Balaban J connectivity index is 3.20. The average Bonchev–Trinajstić information content (AvgIpc) is 2.07. The van der Waals surface area contributed by atoms with Crippen molar-refractivity contribution >= 4 is 45.8 Å². The molecule has 0 saturated heterocycles. The van der Waals surface area contributed by atoms with Crippen molar-refractivity contribution in [1.82, 2.24) is 4.98 Å². The molecule has 1 rings (SSSR count). The molecule has 1 nitrogen and oxygen atoms in total. The predicted molar refractivity (Wildman–Crippen MR) is 56.5 cm³/mol. The monoisotopic (exact) mass is 337 g/mol. The smallest absolute Gasteiger partial charge is 0.244 e. The molecule has 0 N–H and O–H groups in total. The van der Waals surface area contributed by atoms with Gasteiger partial charge >= 0.3 is 0 Å². The molecule has 72 valence electrons. The maximum Gasteiger partial charge on any atom is 0.266 e. The number of aromatic nitrogens is 1. The summed E-state index contributed by atoms with van der Waals surface area (Å²) in [5, 5.41) is 0.186. The second-order valence-electron chi connectivity index (χ2n) is 2.23. The number of hydrogen-bond acceptors (Lipinski definition) is 1. The quantitative estimate of drug-likeness (QED) is 0.451. The van der Waals surface area contributed by atoms with Crippen LogP contribution in [0.5, 0.6) is 0 Å². The lowest BCUT2D eigenvalue weighted by Crippen LogP contribution is -1.97. The first-order valence-electron chi connectivity index (χ1n) is 3.25. The standard InChI is InChI=1S/C7H4Cl2F2IN/c8-2-5-4(9)1-3(6(10)11)7(12)13-5/h1,6H,2H2. The molecule has 0 radical (unpaired) electrons. The van der Waals surface area contributed by atoms with Crippen molar-refractivity contribution in [1.29, 1.82) is 0 Å². The summed E-state index contributed by atoms with van der Waals surface area (Å²) in [6, 6.07) is 1.21. The Morgan fingerprint density at radius 3 is 2.62 bits per heavy atom. The molecule has 13 heavy (non-hydrogen) atoms. The lowest BCUT2D eigenvalue weighted by Gasteiger charge is -2.05. The molecule has 0 saturated carbocycles. The molecule has 1 aromatic heterocycles. The van der Waals surface area contributed by atoms with E-state index in [4.69, 9.17) is 23.2 Å². The first-order chi connectivity index (χ1) is 6.06. The van der Waals surface area contributed by atoms with E-state index in [-0.39, 0.29) is 20.2 Å². The molecule has 0 aliphatic carbocycles. The van der Waals surface area contributed by atoms with Crippen LogP contribution in [0.3, 0.4) is 0 Å². The summed E-state index contributed by atoms with van der Waals surface area (Å²) in [5.41, 5.74) is 0.275. The van der Waals surface area contributed by atoms with E-state index in [1.807, 2.05) is 0 Å². The van der Waals surface area contributed by atoms with Gasteiger partial charge in [0.15, 0.2) is 0 Å². The van der Waals surface area contributed by atoms with Crippen LogP contribution in [0.1, 0.15) is 17.7 Å². The van der Waals surface area contributed by atoms with Gasteiger partial charge in [-0.3, -0.25) is 0 Å². The Morgan fingerprint density at radius 2 is 2.15 bits per heavy atom. The van der Waals surface area contributed by atoms with Crippen LogP contribution < -0.4 is 0 Å². The van der Waals surface area contributed by atoms with E-state index in [0.717, 1.165) is 0 Å². The topological polar surface area (TPSA) is 12.9 Å². The normalized spacial score (nSPS) is 10.9. The number of rotatable bonds is 2. The van der Waals surface area contributed by atoms with Gasteiger partial charge in [0.2, 0.25) is 0 Å². The van der Waals surface area contributed by atoms with Gasteiger partial charge < -0.3 is 0 Å². The summed E-state index contributed by atoms with van der Waals surface area (Å²) in [4.78, 5) is 3.86. The highest BCUT2D eigenvalue weighted by Gasteiger charge is 2.15. The van der Waals surface area contributed by atoms with Crippen LogP contribution in [-0.4, -0.2) is 4.98 Å². The molecule has 0 spiro atoms. The van der Waals surface area contributed by atoms with Crippen molar-refractivity contribution in [3.05, 3.63) is 26.0 Å². The fourth-order valence-electron chi connectivity index (χ4n) is 0.763. The molecule has 0 aliphatic rings. The van der Waals surface area contributed by atoms with Crippen LogP contribution in [0.25, 0.3) is 0 Å². The minimum atomic E-state index is -2.55. The van der Waals surface area contributed by atoms with Gasteiger partial charge in [0.25, 0.3) is 6.43 Å². The minimum absolute atomic E-state index is 0.123. The third-order valence-electron chi connectivity index (χ3n) is 1.39. The van der Waals surface area contributed by atoms with Crippen LogP contribution in [0.4, 0.5) is 8.78 Å². The minimum Gasteiger partial charge on any atom is -0.244 e. The number of hydrogen-bond donors (Lipinski definition) is 0. The third kappa shape index (κ3) is 2.63. The Labute approximate surface area is 97.6 Å². The second kappa shape index (κ2) is 4.70. The van der Waals surface area contributed by atoms with Crippen molar-refractivity contribution < 1.29 is 8.78 Å². The van der Waals surface area contributed by atoms with Gasteiger partial charge in [0.05, 0.1) is 22.2 Å². The zero-order chi connectivity index (χ0) is 10.0. The summed E-state index contributed by atoms with van der Waals surface area (Å²) >= 11 is 12.9. The summed E-state index contributed by atoms with van der Waals surface area (Å²) in [5.74, 6) is 0.123. The lowest BCUT2D eigenvalue weighted by molar-refractivity contribution is 0.150. The van der Waals surface area contributed by atoms with Crippen molar-refractivity contribution in [2.24, 2.45) is 0 Å². The molecule has 1 heterocycles. The van der Waals surface area contributed by atoms with Crippen LogP contribution in [-0.2, 0) is 5.88 Å². The van der Waals surface area contributed by atoms with Gasteiger partial charge in [-0.05, 0) is 28.7 Å². The zero-order valence-corrected chi connectivity index (χ0v) is 9.87. The highest BCUT2D eigenvalue weighted by atomic mass is 127. The molecule has 0 fully saturated rings. The molecule has 1 aromatic rings. The first kappa shape index (κ1) is 11.4. The van der Waals surface area contributed by atoms with Gasteiger partial charge in [-0.1, -0.05) is 11.6 Å². The number of halogens is 5. The Bertz CT molecular complexity index is 320. The molecule has 0 aromatic carbocycles. The van der Waals surface area contributed by atoms with Crippen molar-refractivity contribution in [2.75, 3.05) is 0 Å². The lowest BCUT2D eigenvalue weighted by atomic mass is 10.2. The van der Waals surface area contributed by atoms with Crippen molar-refractivity contribution in [3.8, 4) is 0 Å². The number of nitrogens with zero attached hydrogens (tertiary/aromatic N) is 1. The molecule has 0 atom stereocenters. The Kier molecular flexibility index (Phi) is 4.12. The number of pyridine rings is 1. The van der Waals surface area contributed by atoms with E-state index in [9.17, 15) is 8.78 Å². The van der Waals surface area contributed by atoms with Crippen LogP contribution in [0, 0.1) is 3.70 Å².